The summed E-state index contributed by atoms with van der Waals surface area (Å²) in [5.74, 6) is -1.29. The highest BCUT2D eigenvalue weighted by atomic mass is 35.5. The smallest absolute Gasteiger partial charge is 0.285 e. The molecule has 1 aliphatic heterocycles. The van der Waals surface area contributed by atoms with E-state index in [1.807, 2.05) is 0 Å². The molecular formula is C16H14ClN3O6S2. The van der Waals surface area contributed by atoms with Gasteiger partial charge in [0.15, 0.2) is 9.84 Å². The lowest BCUT2D eigenvalue weighted by molar-refractivity contribution is -0.113. The van der Waals surface area contributed by atoms with Crippen LogP contribution in [0, 0.1) is 0 Å². The van der Waals surface area contributed by atoms with E-state index in [-0.39, 0.29) is 26.2 Å². The number of sulfonamides is 1. The van der Waals surface area contributed by atoms with Crippen molar-refractivity contribution in [1.29, 1.82) is 0 Å². The molecule has 9 nitrogen and oxygen atoms in total. The highest BCUT2D eigenvalue weighted by Crippen LogP contribution is 2.29. The largest absolute Gasteiger partial charge is 0.495 e. The normalized spacial score (nSPS) is 14.6. The average molecular weight is 444 g/mol. The number of methoxy groups -OCH3 is 1. The van der Waals surface area contributed by atoms with Gasteiger partial charge in [-0.25, -0.2) is 8.42 Å². The van der Waals surface area contributed by atoms with Crippen molar-refractivity contribution in [1.82, 2.24) is 0 Å². The van der Waals surface area contributed by atoms with Crippen molar-refractivity contribution in [3.05, 3.63) is 41.4 Å². The highest BCUT2D eigenvalue weighted by Gasteiger charge is 2.26. The molecule has 0 atom stereocenters. The van der Waals surface area contributed by atoms with Gasteiger partial charge in [-0.2, -0.15) is 8.42 Å². The number of benzene rings is 2. The van der Waals surface area contributed by atoms with Gasteiger partial charge in [0.05, 0.1) is 22.7 Å². The van der Waals surface area contributed by atoms with Crippen LogP contribution in [0.4, 0.5) is 11.4 Å². The number of rotatable bonds is 5. The van der Waals surface area contributed by atoms with Crippen LogP contribution < -0.4 is 15.4 Å². The van der Waals surface area contributed by atoms with Crippen molar-refractivity contribution >= 4 is 55.1 Å². The Balaban J connectivity index is 1.81. The zero-order chi connectivity index (χ0) is 20.5. The fraction of sp³-hybridized carbons (Fsp3) is 0.125. The molecule has 2 N–H and O–H groups in total. The zero-order valence-electron chi connectivity index (χ0n) is 14.3. The van der Waals surface area contributed by atoms with Crippen molar-refractivity contribution in [3.63, 3.8) is 0 Å². The Bertz CT molecular complexity index is 1190. The first kappa shape index (κ1) is 20.1. The van der Waals surface area contributed by atoms with Crippen molar-refractivity contribution in [2.24, 2.45) is 4.40 Å². The SMILES string of the molecule is COc1ccc(NC(=O)CS(=O)(=O)c2ccc3c(c2)S(=O)(=O)N=CN3)cc1Cl. The Morgan fingerprint density at radius 1 is 1.25 bits per heavy atom. The van der Waals surface area contributed by atoms with Crippen LogP contribution in [0.15, 0.2) is 50.6 Å². The molecule has 3 rings (SSSR count). The molecule has 0 fully saturated rings. The summed E-state index contributed by atoms with van der Waals surface area (Å²) in [6, 6.07) is 7.93. The Morgan fingerprint density at radius 3 is 2.68 bits per heavy atom. The van der Waals surface area contributed by atoms with Crippen molar-refractivity contribution in [3.8, 4) is 5.75 Å². The summed E-state index contributed by atoms with van der Waals surface area (Å²) in [4.78, 5) is 11.6. The van der Waals surface area contributed by atoms with Gasteiger partial charge in [-0.3, -0.25) is 4.79 Å². The third-order valence-corrected chi connectivity index (χ3v) is 6.94. The zero-order valence-corrected chi connectivity index (χ0v) is 16.7. The predicted molar refractivity (Wildman–Crippen MR) is 104 cm³/mol. The lowest BCUT2D eigenvalue weighted by Gasteiger charge is -2.13. The first-order valence-electron chi connectivity index (χ1n) is 7.68. The Kier molecular flexibility index (Phi) is 5.33. The number of hydrogen-bond donors (Lipinski definition) is 2. The van der Waals surface area contributed by atoms with Gasteiger partial charge in [-0.05, 0) is 36.4 Å². The quantitative estimate of drug-likeness (QED) is 0.721. The first-order valence-corrected chi connectivity index (χ1v) is 11.1. The van der Waals surface area contributed by atoms with E-state index in [9.17, 15) is 21.6 Å². The summed E-state index contributed by atoms with van der Waals surface area (Å²) >= 11 is 5.97. The maximum absolute atomic E-state index is 12.5. The minimum Gasteiger partial charge on any atom is -0.495 e. The number of halogens is 1. The number of hydrogen-bond acceptors (Lipinski definition) is 7. The van der Waals surface area contributed by atoms with Crippen LogP contribution in [0.1, 0.15) is 0 Å². The molecule has 28 heavy (non-hydrogen) atoms. The first-order chi connectivity index (χ1) is 13.1. The molecule has 148 valence electrons. The number of anilines is 2. The maximum Gasteiger partial charge on any atom is 0.285 e. The molecule has 0 spiro atoms. The number of amides is 1. The second-order valence-corrected chi connectivity index (χ2v) is 9.67. The molecule has 12 heteroatoms. The van der Waals surface area contributed by atoms with E-state index >= 15 is 0 Å². The molecule has 1 aliphatic rings. The summed E-state index contributed by atoms with van der Waals surface area (Å²) in [6.45, 7) is 0. The predicted octanol–water partition coefficient (Wildman–Crippen LogP) is 1.90. The van der Waals surface area contributed by atoms with Crippen LogP contribution in [-0.4, -0.2) is 41.9 Å². The topological polar surface area (TPSA) is 131 Å². The fourth-order valence-corrected chi connectivity index (χ4v) is 4.92. The molecular weight excluding hydrogens is 430 g/mol. The number of carbonyl (C=O) groups is 1. The van der Waals surface area contributed by atoms with Crippen LogP contribution >= 0.6 is 11.6 Å². The summed E-state index contributed by atoms with van der Waals surface area (Å²) in [5.41, 5.74) is 0.490. The van der Waals surface area contributed by atoms with Crippen LogP contribution in [0.3, 0.4) is 0 Å². The van der Waals surface area contributed by atoms with Crippen LogP contribution in [0.25, 0.3) is 0 Å². The van der Waals surface area contributed by atoms with Crippen molar-refractivity contribution < 1.29 is 26.4 Å². The molecule has 1 amide bonds. The maximum atomic E-state index is 12.5. The molecule has 2 aromatic carbocycles. The summed E-state index contributed by atoms with van der Waals surface area (Å²) < 4.78 is 57.3. The number of carbonyl (C=O) groups excluding carboxylic acids is 1. The summed E-state index contributed by atoms with van der Waals surface area (Å²) in [5, 5.41) is 5.29. The second-order valence-electron chi connectivity index (χ2n) is 5.67. The van der Waals surface area contributed by atoms with E-state index in [0.717, 1.165) is 12.4 Å². The number of fused-ring (bicyclic) bond motifs is 1. The van der Waals surface area contributed by atoms with Crippen LogP contribution in [-0.2, 0) is 24.7 Å². The minimum absolute atomic E-state index is 0.200. The Hall–Kier alpha value is -2.63. The Morgan fingerprint density at radius 2 is 2.00 bits per heavy atom. The third-order valence-electron chi connectivity index (χ3n) is 3.76. The molecule has 2 aromatic rings. The second kappa shape index (κ2) is 7.41. The van der Waals surface area contributed by atoms with Gasteiger partial charge in [-0.15, -0.1) is 4.40 Å². The molecule has 0 aliphatic carbocycles. The molecule has 0 bridgehead atoms. The van der Waals surface area contributed by atoms with Crippen LogP contribution in [0.5, 0.6) is 5.75 Å². The van der Waals surface area contributed by atoms with Crippen molar-refractivity contribution in [2.75, 3.05) is 23.5 Å². The average Bonchev–Trinajstić information content (AvgIpc) is 2.61. The van der Waals surface area contributed by atoms with Gasteiger partial charge in [0, 0.05) is 5.69 Å². The van der Waals surface area contributed by atoms with E-state index in [0.29, 0.717) is 5.75 Å². The standard InChI is InChI=1S/C16H14ClN3O6S2/c1-26-14-5-2-10(6-12(14)17)20-16(21)8-27(22,23)11-3-4-13-15(7-11)28(24,25)19-9-18-13/h2-7,9H,8H2,1H3,(H,18,19)(H,20,21). The van der Waals surface area contributed by atoms with E-state index in [4.69, 9.17) is 16.3 Å². The van der Waals surface area contributed by atoms with Crippen LogP contribution in [0.2, 0.25) is 5.02 Å². The summed E-state index contributed by atoms with van der Waals surface area (Å²) in [6.07, 6.45) is 0.999. The number of nitrogens with one attached hydrogen (secondary N) is 2. The monoisotopic (exact) mass is 443 g/mol. The molecule has 1 heterocycles. The number of sulfone groups is 1. The van der Waals surface area contributed by atoms with Gasteiger partial charge in [0.2, 0.25) is 5.91 Å². The lowest BCUT2D eigenvalue weighted by atomic mass is 10.3. The highest BCUT2D eigenvalue weighted by molar-refractivity contribution is 7.92. The number of ether oxygens (including phenoxy) is 1. The molecule has 0 saturated heterocycles. The van der Waals surface area contributed by atoms with Crippen molar-refractivity contribution in [2.45, 2.75) is 9.79 Å². The van der Waals surface area contributed by atoms with E-state index < -0.39 is 31.5 Å². The van der Waals surface area contributed by atoms with Gasteiger partial charge in [0.1, 0.15) is 22.7 Å². The molecule has 0 radical (unpaired) electrons. The van der Waals surface area contributed by atoms with Gasteiger partial charge in [-0.1, -0.05) is 11.6 Å². The van der Waals surface area contributed by atoms with E-state index in [1.165, 1.54) is 37.4 Å². The lowest BCUT2D eigenvalue weighted by Crippen LogP contribution is -2.23. The van der Waals surface area contributed by atoms with Gasteiger partial charge in [0.25, 0.3) is 10.0 Å². The molecule has 0 unspecified atom stereocenters. The van der Waals surface area contributed by atoms with E-state index in [1.54, 1.807) is 0 Å². The number of nitrogens with zero attached hydrogens (tertiary/aromatic N) is 1. The third kappa shape index (κ3) is 4.11. The van der Waals surface area contributed by atoms with Gasteiger partial charge >= 0.3 is 0 Å². The van der Waals surface area contributed by atoms with Gasteiger partial charge < -0.3 is 15.4 Å². The Labute approximate surface area is 166 Å². The fourth-order valence-electron chi connectivity index (χ4n) is 2.45. The molecule has 0 aromatic heterocycles. The van der Waals surface area contributed by atoms with E-state index in [2.05, 4.69) is 15.0 Å². The minimum atomic E-state index is -4.10. The summed E-state index contributed by atoms with van der Waals surface area (Å²) in [7, 11) is -6.66. The molecule has 0 saturated carbocycles.